The van der Waals surface area contributed by atoms with Crippen molar-refractivity contribution in [2.24, 2.45) is 0 Å². The molecule has 0 spiro atoms. The van der Waals surface area contributed by atoms with Gasteiger partial charge in [0.15, 0.2) is 0 Å². The maximum Gasteiger partial charge on any atom is 0.239 e. The molecule has 0 heterocycles. The molecule has 5 heteroatoms. The highest BCUT2D eigenvalue weighted by Gasteiger charge is 2.08. The van der Waals surface area contributed by atoms with Crippen LogP contribution in [0.1, 0.15) is 12.5 Å². The molecule has 90 valence electrons. The van der Waals surface area contributed by atoms with Crippen LogP contribution >= 0.6 is 11.8 Å². The smallest absolute Gasteiger partial charge is 0.239 e. The number of amides is 1. The lowest BCUT2D eigenvalue weighted by molar-refractivity contribution is -0.118. The number of carbonyl (C=O) groups is 1. The van der Waals surface area contributed by atoms with Gasteiger partial charge < -0.3 is 10.6 Å². The molecule has 0 radical (unpaired) electrons. The minimum atomic E-state index is -0.109. The predicted molar refractivity (Wildman–Crippen MR) is 70.1 cm³/mol. The lowest BCUT2D eigenvalue weighted by atomic mass is 10.2. The second kappa shape index (κ2) is 6.81. The predicted octanol–water partition coefficient (Wildman–Crippen LogP) is 1.83. The molecule has 0 bridgehead atoms. The van der Waals surface area contributed by atoms with E-state index in [-0.39, 0.29) is 12.5 Å². The molecule has 2 N–H and O–H groups in total. The first-order chi connectivity index (χ1) is 8.22. The maximum absolute atomic E-state index is 11.1. The first kappa shape index (κ1) is 13.4. The van der Waals surface area contributed by atoms with Crippen molar-refractivity contribution in [3.8, 4) is 6.07 Å². The Kier molecular flexibility index (Phi) is 5.37. The van der Waals surface area contributed by atoms with Crippen LogP contribution in [0.5, 0.6) is 0 Å². The molecule has 0 fully saturated rings. The molecule has 0 aliphatic carbocycles. The third-order valence-corrected chi connectivity index (χ3v) is 3.10. The lowest BCUT2D eigenvalue weighted by Gasteiger charge is -2.10. The van der Waals surface area contributed by atoms with Gasteiger partial charge >= 0.3 is 0 Å². The number of nitrogens with zero attached hydrogens (tertiary/aromatic N) is 1. The normalized spacial score (nSPS) is 9.47. The van der Waals surface area contributed by atoms with Gasteiger partial charge in [-0.15, -0.1) is 11.8 Å². The van der Waals surface area contributed by atoms with Gasteiger partial charge in [0, 0.05) is 11.9 Å². The monoisotopic (exact) mass is 249 g/mol. The Morgan fingerprint density at radius 2 is 2.29 bits per heavy atom. The Morgan fingerprint density at radius 1 is 1.53 bits per heavy atom. The molecule has 1 aromatic carbocycles. The average Bonchev–Trinajstić information content (AvgIpc) is 2.36. The van der Waals surface area contributed by atoms with Gasteiger partial charge in [0.1, 0.15) is 6.07 Å². The van der Waals surface area contributed by atoms with E-state index in [0.717, 1.165) is 10.6 Å². The summed E-state index contributed by atoms with van der Waals surface area (Å²) in [6.45, 7) is 2.21. The summed E-state index contributed by atoms with van der Waals surface area (Å²) in [5, 5.41) is 14.6. The van der Waals surface area contributed by atoms with E-state index in [9.17, 15) is 4.79 Å². The molecule has 0 unspecified atom stereocenters. The fourth-order valence-corrected chi connectivity index (χ4v) is 2.12. The molecule has 0 atom stereocenters. The van der Waals surface area contributed by atoms with Crippen LogP contribution in [0.25, 0.3) is 0 Å². The summed E-state index contributed by atoms with van der Waals surface area (Å²) >= 11 is 1.62. The van der Waals surface area contributed by atoms with Crippen LogP contribution < -0.4 is 10.6 Å². The average molecular weight is 249 g/mol. The molecule has 1 aromatic rings. The number of anilines is 1. The number of hydrogen-bond acceptors (Lipinski definition) is 4. The summed E-state index contributed by atoms with van der Waals surface area (Å²) in [6.07, 6.45) is 0. The number of carbonyl (C=O) groups excluding carboxylic acids is 1. The molecule has 0 saturated heterocycles. The number of benzene rings is 1. The highest BCUT2D eigenvalue weighted by Crippen LogP contribution is 2.27. The van der Waals surface area contributed by atoms with E-state index < -0.39 is 0 Å². The number of likely N-dealkylation sites (N-methyl/N-ethyl adjacent to an activating group) is 1. The first-order valence-corrected chi connectivity index (χ1v) is 6.31. The number of nitriles is 1. The van der Waals surface area contributed by atoms with Crippen molar-refractivity contribution in [3.05, 3.63) is 23.8 Å². The molecule has 0 aliphatic heterocycles. The highest BCUT2D eigenvalue weighted by molar-refractivity contribution is 7.99. The third kappa shape index (κ3) is 3.68. The molecule has 17 heavy (non-hydrogen) atoms. The van der Waals surface area contributed by atoms with Crippen molar-refractivity contribution < 1.29 is 4.79 Å². The minimum Gasteiger partial charge on any atom is -0.375 e. The van der Waals surface area contributed by atoms with Crippen LogP contribution in [-0.2, 0) is 4.79 Å². The van der Waals surface area contributed by atoms with Gasteiger partial charge in [0.25, 0.3) is 0 Å². The standard InChI is InChI=1S/C12H15N3OS/c1-3-17-11-6-4-5-10(9(11)7-13)15-8-12(16)14-2/h4-6,15H,3,8H2,1-2H3,(H,14,16). The van der Waals surface area contributed by atoms with E-state index >= 15 is 0 Å². The molecule has 0 saturated carbocycles. The number of rotatable bonds is 5. The number of hydrogen-bond donors (Lipinski definition) is 2. The highest BCUT2D eigenvalue weighted by atomic mass is 32.2. The third-order valence-electron chi connectivity index (χ3n) is 2.16. The molecule has 0 aromatic heterocycles. The quantitative estimate of drug-likeness (QED) is 0.781. The number of nitrogens with one attached hydrogen (secondary N) is 2. The van der Waals surface area contributed by atoms with Gasteiger partial charge in [-0.25, -0.2) is 0 Å². The van der Waals surface area contributed by atoms with Crippen molar-refractivity contribution in [2.45, 2.75) is 11.8 Å². The van der Waals surface area contributed by atoms with E-state index in [1.807, 2.05) is 19.1 Å². The maximum atomic E-state index is 11.1. The van der Waals surface area contributed by atoms with Crippen molar-refractivity contribution >= 4 is 23.4 Å². The Bertz CT molecular complexity index is 440. The summed E-state index contributed by atoms with van der Waals surface area (Å²) in [6, 6.07) is 7.78. The summed E-state index contributed by atoms with van der Waals surface area (Å²) in [5.41, 5.74) is 1.30. The summed E-state index contributed by atoms with van der Waals surface area (Å²) in [7, 11) is 1.58. The molecule has 0 aliphatic rings. The van der Waals surface area contributed by atoms with Crippen LogP contribution in [0.2, 0.25) is 0 Å². The summed E-state index contributed by atoms with van der Waals surface area (Å²) in [4.78, 5) is 12.1. The number of thioether (sulfide) groups is 1. The Labute approximate surface area is 105 Å². The van der Waals surface area contributed by atoms with Crippen molar-refractivity contribution in [2.75, 3.05) is 24.7 Å². The van der Waals surface area contributed by atoms with Crippen LogP contribution in [0.3, 0.4) is 0 Å². The van der Waals surface area contributed by atoms with Gasteiger partial charge in [-0.2, -0.15) is 5.26 Å². The summed E-state index contributed by atoms with van der Waals surface area (Å²) < 4.78 is 0. The minimum absolute atomic E-state index is 0.109. The SMILES string of the molecule is CCSc1cccc(NCC(=O)NC)c1C#N. The van der Waals surface area contributed by atoms with E-state index in [4.69, 9.17) is 5.26 Å². The lowest BCUT2D eigenvalue weighted by Crippen LogP contribution is -2.26. The van der Waals surface area contributed by atoms with Crippen molar-refractivity contribution in [1.82, 2.24) is 5.32 Å². The first-order valence-electron chi connectivity index (χ1n) is 5.33. The second-order valence-electron chi connectivity index (χ2n) is 3.25. The van der Waals surface area contributed by atoms with Gasteiger partial charge in [0.2, 0.25) is 5.91 Å². The summed E-state index contributed by atoms with van der Waals surface area (Å²) in [5.74, 6) is 0.801. The molecule has 4 nitrogen and oxygen atoms in total. The van der Waals surface area contributed by atoms with Gasteiger partial charge in [-0.3, -0.25) is 4.79 Å². The fourth-order valence-electron chi connectivity index (χ4n) is 1.33. The van der Waals surface area contributed by atoms with E-state index in [1.165, 1.54) is 0 Å². The Morgan fingerprint density at radius 3 is 2.88 bits per heavy atom. The van der Waals surface area contributed by atoms with Crippen LogP contribution in [0, 0.1) is 11.3 Å². The van der Waals surface area contributed by atoms with Crippen LogP contribution in [0.4, 0.5) is 5.69 Å². The Balaban J connectivity index is 2.88. The largest absolute Gasteiger partial charge is 0.375 e. The van der Waals surface area contributed by atoms with Crippen molar-refractivity contribution in [3.63, 3.8) is 0 Å². The van der Waals surface area contributed by atoms with Gasteiger partial charge in [-0.1, -0.05) is 13.0 Å². The molecular weight excluding hydrogens is 234 g/mol. The Hall–Kier alpha value is -1.67. The zero-order valence-corrected chi connectivity index (χ0v) is 10.7. The molecule has 1 rings (SSSR count). The fraction of sp³-hybridized carbons (Fsp3) is 0.333. The van der Waals surface area contributed by atoms with Crippen LogP contribution in [0.15, 0.2) is 23.1 Å². The van der Waals surface area contributed by atoms with Crippen molar-refractivity contribution in [1.29, 1.82) is 5.26 Å². The molecule has 1 amide bonds. The zero-order chi connectivity index (χ0) is 12.7. The van der Waals surface area contributed by atoms with E-state index in [1.54, 1.807) is 24.9 Å². The van der Waals surface area contributed by atoms with E-state index in [2.05, 4.69) is 16.7 Å². The molecular formula is C12H15N3OS. The van der Waals surface area contributed by atoms with Gasteiger partial charge in [0.05, 0.1) is 17.8 Å². The topological polar surface area (TPSA) is 64.9 Å². The zero-order valence-electron chi connectivity index (χ0n) is 9.91. The van der Waals surface area contributed by atoms with Gasteiger partial charge in [-0.05, 0) is 17.9 Å². The van der Waals surface area contributed by atoms with Crippen LogP contribution in [-0.4, -0.2) is 25.3 Å². The van der Waals surface area contributed by atoms with E-state index in [0.29, 0.717) is 11.3 Å². The second-order valence-corrected chi connectivity index (χ2v) is 4.56.